The molecule has 7 heteroatoms. The van der Waals surface area contributed by atoms with Crippen LogP contribution in [0.1, 0.15) is 16.7 Å². The molecule has 4 rings (SSSR count). The van der Waals surface area contributed by atoms with Crippen molar-refractivity contribution in [3.8, 4) is 5.75 Å². The van der Waals surface area contributed by atoms with Crippen molar-refractivity contribution in [3.63, 3.8) is 0 Å². The molecule has 0 spiro atoms. The Morgan fingerprint density at radius 1 is 1.00 bits per heavy atom. The van der Waals surface area contributed by atoms with Crippen LogP contribution in [0, 0.1) is 6.92 Å². The van der Waals surface area contributed by atoms with E-state index in [1.54, 1.807) is 18.2 Å². The fourth-order valence-electron chi connectivity index (χ4n) is 2.81. The Morgan fingerprint density at radius 2 is 1.74 bits per heavy atom. The number of amidine groups is 1. The van der Waals surface area contributed by atoms with Crippen molar-refractivity contribution >= 4 is 57.8 Å². The van der Waals surface area contributed by atoms with Crippen LogP contribution < -0.4 is 10.1 Å². The molecule has 1 amide bonds. The first-order valence-corrected chi connectivity index (χ1v) is 11.1. The van der Waals surface area contributed by atoms with Gasteiger partial charge in [0, 0.05) is 0 Å². The standard InChI is InChI=1S/C24H18Cl2N2O2S/c1-15-2-4-17(5-3-15)14-30-19-9-6-16(7-10-19)12-22-23(29)28-24(31-22)27-18-8-11-20(25)21(26)13-18/h2-13H,14H2,1H3,(H,27,28,29)/b22-12-. The Bertz CT molecular complexity index is 1170. The van der Waals surface area contributed by atoms with Crippen LogP contribution in [0.25, 0.3) is 6.08 Å². The Hall–Kier alpha value is -2.73. The number of aliphatic imine (C=N–C) groups is 1. The van der Waals surface area contributed by atoms with Crippen LogP contribution in [0.15, 0.2) is 76.6 Å². The normalized spacial score (nSPS) is 16.0. The number of benzene rings is 3. The van der Waals surface area contributed by atoms with Crippen LogP contribution in [-0.2, 0) is 11.4 Å². The summed E-state index contributed by atoms with van der Waals surface area (Å²) in [5.41, 5.74) is 3.86. The van der Waals surface area contributed by atoms with Crippen LogP contribution >= 0.6 is 35.0 Å². The number of hydrogen-bond acceptors (Lipinski definition) is 4. The number of nitrogens with one attached hydrogen (secondary N) is 1. The Kier molecular flexibility index (Phi) is 6.66. The summed E-state index contributed by atoms with van der Waals surface area (Å²) in [5.74, 6) is 0.580. The molecule has 0 saturated carbocycles. The SMILES string of the molecule is Cc1ccc(COc2ccc(/C=C3\SC(=Nc4ccc(Cl)c(Cl)c4)NC3=O)cc2)cc1. The number of thioether (sulfide) groups is 1. The monoisotopic (exact) mass is 468 g/mol. The largest absolute Gasteiger partial charge is 0.489 e. The van der Waals surface area contributed by atoms with Gasteiger partial charge in [-0.2, -0.15) is 0 Å². The first-order valence-electron chi connectivity index (χ1n) is 9.49. The molecule has 1 aliphatic rings. The number of rotatable bonds is 5. The number of hydrogen-bond donors (Lipinski definition) is 1. The van der Waals surface area contributed by atoms with Crippen molar-refractivity contribution in [3.05, 3.63) is 98.4 Å². The first-order chi connectivity index (χ1) is 15.0. The highest BCUT2D eigenvalue weighted by Crippen LogP contribution is 2.31. The molecule has 1 N–H and O–H groups in total. The Balaban J connectivity index is 1.41. The average Bonchev–Trinajstić information content (AvgIpc) is 3.10. The second kappa shape index (κ2) is 9.60. The lowest BCUT2D eigenvalue weighted by molar-refractivity contribution is -0.115. The van der Waals surface area contributed by atoms with Crippen molar-refractivity contribution in [1.82, 2.24) is 5.32 Å². The molecule has 3 aromatic rings. The summed E-state index contributed by atoms with van der Waals surface area (Å²) in [6.45, 7) is 2.57. The van der Waals surface area contributed by atoms with Crippen molar-refractivity contribution in [2.24, 2.45) is 4.99 Å². The maximum Gasteiger partial charge on any atom is 0.264 e. The Morgan fingerprint density at radius 3 is 2.45 bits per heavy atom. The smallest absolute Gasteiger partial charge is 0.264 e. The quantitative estimate of drug-likeness (QED) is 0.420. The van der Waals surface area contributed by atoms with Crippen LogP contribution in [0.3, 0.4) is 0 Å². The minimum Gasteiger partial charge on any atom is -0.489 e. The van der Waals surface area contributed by atoms with E-state index >= 15 is 0 Å². The molecule has 1 fully saturated rings. The number of carbonyl (C=O) groups excluding carboxylic acids is 1. The molecular weight excluding hydrogens is 451 g/mol. The highest BCUT2D eigenvalue weighted by Gasteiger charge is 2.23. The number of halogens is 2. The van der Waals surface area contributed by atoms with Gasteiger partial charge in [-0.1, -0.05) is 65.2 Å². The highest BCUT2D eigenvalue weighted by molar-refractivity contribution is 8.18. The lowest BCUT2D eigenvalue weighted by Crippen LogP contribution is -2.19. The summed E-state index contributed by atoms with van der Waals surface area (Å²) in [4.78, 5) is 17.3. The van der Waals surface area contributed by atoms with E-state index in [9.17, 15) is 4.79 Å². The number of nitrogens with zero attached hydrogens (tertiary/aromatic N) is 1. The fraction of sp³-hybridized carbons (Fsp3) is 0.0833. The highest BCUT2D eigenvalue weighted by atomic mass is 35.5. The van der Waals surface area contributed by atoms with Crippen molar-refractivity contribution in [1.29, 1.82) is 0 Å². The summed E-state index contributed by atoms with van der Waals surface area (Å²) in [6, 6.07) is 20.9. The van der Waals surface area contributed by atoms with Gasteiger partial charge in [-0.3, -0.25) is 4.79 Å². The maximum absolute atomic E-state index is 12.3. The van der Waals surface area contributed by atoms with Crippen molar-refractivity contribution in [2.75, 3.05) is 0 Å². The van der Waals surface area contributed by atoms with E-state index in [0.29, 0.717) is 32.4 Å². The molecule has 0 bridgehead atoms. The second-order valence-corrected chi connectivity index (χ2v) is 8.77. The van der Waals surface area contributed by atoms with Gasteiger partial charge in [0.15, 0.2) is 5.17 Å². The van der Waals surface area contributed by atoms with E-state index < -0.39 is 0 Å². The lowest BCUT2D eigenvalue weighted by Gasteiger charge is -2.07. The summed E-state index contributed by atoms with van der Waals surface area (Å²) in [5, 5.41) is 4.13. The first kappa shape index (κ1) is 21.5. The van der Waals surface area contributed by atoms with Gasteiger partial charge in [-0.25, -0.2) is 4.99 Å². The zero-order chi connectivity index (χ0) is 21.8. The molecule has 1 aliphatic heterocycles. The van der Waals surface area contributed by atoms with Crippen LogP contribution in [-0.4, -0.2) is 11.1 Å². The zero-order valence-corrected chi connectivity index (χ0v) is 18.9. The predicted octanol–water partition coefficient (Wildman–Crippen LogP) is 6.77. The molecule has 0 aliphatic carbocycles. The predicted molar refractivity (Wildman–Crippen MR) is 129 cm³/mol. The molecule has 3 aromatic carbocycles. The second-order valence-electron chi connectivity index (χ2n) is 6.92. The van der Waals surface area contributed by atoms with E-state index in [4.69, 9.17) is 27.9 Å². The third-order valence-corrected chi connectivity index (χ3v) is 6.14. The van der Waals surface area contributed by atoms with Crippen molar-refractivity contribution < 1.29 is 9.53 Å². The molecule has 1 heterocycles. The number of carbonyl (C=O) groups is 1. The van der Waals surface area contributed by atoms with Crippen LogP contribution in [0.4, 0.5) is 5.69 Å². The van der Waals surface area contributed by atoms with Gasteiger partial charge in [0.2, 0.25) is 0 Å². The van der Waals surface area contributed by atoms with E-state index in [-0.39, 0.29) is 5.91 Å². The van der Waals surface area contributed by atoms with E-state index in [0.717, 1.165) is 16.9 Å². The summed E-state index contributed by atoms with van der Waals surface area (Å²) < 4.78 is 5.84. The van der Waals surface area contributed by atoms with E-state index in [1.165, 1.54) is 17.3 Å². The Labute approximate surface area is 194 Å². The molecular formula is C24H18Cl2N2O2S. The zero-order valence-electron chi connectivity index (χ0n) is 16.6. The third-order valence-electron chi connectivity index (χ3n) is 4.49. The maximum atomic E-state index is 12.3. The molecule has 0 radical (unpaired) electrons. The van der Waals surface area contributed by atoms with Gasteiger partial charge >= 0.3 is 0 Å². The number of aryl methyl sites for hydroxylation is 1. The molecule has 1 saturated heterocycles. The molecule has 0 unspecified atom stereocenters. The van der Waals surface area contributed by atoms with Gasteiger partial charge in [0.1, 0.15) is 12.4 Å². The van der Waals surface area contributed by atoms with Gasteiger partial charge in [0.25, 0.3) is 5.91 Å². The number of amides is 1. The van der Waals surface area contributed by atoms with Gasteiger partial charge < -0.3 is 10.1 Å². The van der Waals surface area contributed by atoms with Crippen LogP contribution in [0.2, 0.25) is 10.0 Å². The third kappa shape index (κ3) is 5.70. The molecule has 4 nitrogen and oxygen atoms in total. The lowest BCUT2D eigenvalue weighted by atomic mass is 10.1. The molecule has 0 aromatic heterocycles. The minimum atomic E-state index is -0.191. The van der Waals surface area contributed by atoms with Gasteiger partial charge in [-0.05, 0) is 66.2 Å². The molecule has 0 atom stereocenters. The average molecular weight is 469 g/mol. The van der Waals surface area contributed by atoms with Crippen LogP contribution in [0.5, 0.6) is 5.75 Å². The topological polar surface area (TPSA) is 50.7 Å². The minimum absolute atomic E-state index is 0.191. The summed E-state index contributed by atoms with van der Waals surface area (Å²) in [6.07, 6.45) is 1.82. The number of ether oxygens (including phenoxy) is 1. The summed E-state index contributed by atoms with van der Waals surface area (Å²) >= 11 is 13.2. The van der Waals surface area contributed by atoms with E-state index in [2.05, 4.69) is 41.5 Å². The van der Waals surface area contributed by atoms with Gasteiger partial charge in [-0.15, -0.1) is 0 Å². The van der Waals surface area contributed by atoms with Gasteiger partial charge in [0.05, 0.1) is 20.6 Å². The molecule has 156 valence electrons. The van der Waals surface area contributed by atoms with Crippen molar-refractivity contribution in [2.45, 2.75) is 13.5 Å². The molecule has 31 heavy (non-hydrogen) atoms. The fourth-order valence-corrected chi connectivity index (χ4v) is 3.95. The van der Waals surface area contributed by atoms with E-state index in [1.807, 2.05) is 30.3 Å². The summed E-state index contributed by atoms with van der Waals surface area (Å²) in [7, 11) is 0.